The SMILES string of the molecule is O=C(Cc1cccnc1)NCc1ccncc1. The van der Waals surface area contributed by atoms with E-state index < -0.39 is 0 Å². The number of rotatable bonds is 4. The lowest BCUT2D eigenvalue weighted by Gasteiger charge is -2.04. The average molecular weight is 227 g/mol. The van der Waals surface area contributed by atoms with E-state index in [1.807, 2.05) is 24.3 Å². The van der Waals surface area contributed by atoms with Crippen molar-refractivity contribution < 1.29 is 4.79 Å². The molecule has 2 rings (SSSR count). The normalized spacial score (nSPS) is 9.88. The van der Waals surface area contributed by atoms with Crippen LogP contribution in [-0.2, 0) is 17.8 Å². The van der Waals surface area contributed by atoms with E-state index in [1.54, 1.807) is 24.8 Å². The van der Waals surface area contributed by atoms with Crippen LogP contribution in [0, 0.1) is 0 Å². The first-order valence-electron chi connectivity index (χ1n) is 5.39. The van der Waals surface area contributed by atoms with Gasteiger partial charge < -0.3 is 5.32 Å². The number of hydrogen-bond donors (Lipinski definition) is 1. The highest BCUT2D eigenvalue weighted by Crippen LogP contribution is 1.98. The second-order valence-electron chi connectivity index (χ2n) is 3.67. The number of carbonyl (C=O) groups excluding carboxylic acids is 1. The molecule has 0 aliphatic heterocycles. The molecule has 0 saturated carbocycles. The van der Waals surface area contributed by atoms with E-state index >= 15 is 0 Å². The van der Waals surface area contributed by atoms with E-state index in [0.717, 1.165) is 11.1 Å². The monoisotopic (exact) mass is 227 g/mol. The van der Waals surface area contributed by atoms with Gasteiger partial charge in [-0.2, -0.15) is 0 Å². The lowest BCUT2D eigenvalue weighted by atomic mass is 10.2. The third kappa shape index (κ3) is 3.68. The molecule has 0 fully saturated rings. The molecule has 1 amide bonds. The molecule has 0 atom stereocenters. The predicted octanol–water partition coefficient (Wildman–Crippen LogP) is 1.34. The van der Waals surface area contributed by atoms with E-state index in [4.69, 9.17) is 0 Å². The Kier molecular flexibility index (Phi) is 3.81. The van der Waals surface area contributed by atoms with Crippen LogP contribution < -0.4 is 5.32 Å². The molecule has 2 aromatic rings. The molecular weight excluding hydrogens is 214 g/mol. The van der Waals surface area contributed by atoms with Crippen molar-refractivity contribution >= 4 is 5.91 Å². The Morgan fingerprint density at radius 3 is 2.59 bits per heavy atom. The molecule has 0 aliphatic carbocycles. The van der Waals surface area contributed by atoms with Crippen LogP contribution in [-0.4, -0.2) is 15.9 Å². The lowest BCUT2D eigenvalue weighted by Crippen LogP contribution is -2.24. The second kappa shape index (κ2) is 5.75. The average Bonchev–Trinajstić information content (AvgIpc) is 2.39. The highest BCUT2D eigenvalue weighted by atomic mass is 16.1. The van der Waals surface area contributed by atoms with Crippen LogP contribution in [0.1, 0.15) is 11.1 Å². The van der Waals surface area contributed by atoms with Crippen molar-refractivity contribution in [1.82, 2.24) is 15.3 Å². The Morgan fingerprint density at radius 2 is 1.88 bits per heavy atom. The van der Waals surface area contributed by atoms with Crippen molar-refractivity contribution in [2.24, 2.45) is 0 Å². The Balaban J connectivity index is 1.83. The van der Waals surface area contributed by atoms with Gasteiger partial charge in [-0.3, -0.25) is 14.8 Å². The Morgan fingerprint density at radius 1 is 1.06 bits per heavy atom. The van der Waals surface area contributed by atoms with Crippen molar-refractivity contribution in [3.63, 3.8) is 0 Å². The summed E-state index contributed by atoms with van der Waals surface area (Å²) in [6, 6.07) is 7.47. The quantitative estimate of drug-likeness (QED) is 0.857. The molecule has 17 heavy (non-hydrogen) atoms. The summed E-state index contributed by atoms with van der Waals surface area (Å²) in [5.41, 5.74) is 1.96. The molecule has 0 unspecified atom stereocenters. The van der Waals surface area contributed by atoms with Crippen LogP contribution in [0.15, 0.2) is 49.1 Å². The summed E-state index contributed by atoms with van der Waals surface area (Å²) in [4.78, 5) is 19.5. The van der Waals surface area contributed by atoms with Gasteiger partial charge >= 0.3 is 0 Å². The zero-order valence-corrected chi connectivity index (χ0v) is 9.34. The summed E-state index contributed by atoms with van der Waals surface area (Å²) in [5, 5.41) is 2.85. The van der Waals surface area contributed by atoms with Gasteiger partial charge in [-0.05, 0) is 29.3 Å². The summed E-state index contributed by atoms with van der Waals surface area (Å²) < 4.78 is 0. The number of amides is 1. The van der Waals surface area contributed by atoms with Crippen molar-refractivity contribution in [2.45, 2.75) is 13.0 Å². The maximum absolute atomic E-state index is 11.6. The fourth-order valence-electron chi connectivity index (χ4n) is 1.45. The van der Waals surface area contributed by atoms with Gasteiger partial charge in [0.2, 0.25) is 5.91 Å². The molecular formula is C13H13N3O. The molecule has 0 aromatic carbocycles. The number of pyridine rings is 2. The largest absolute Gasteiger partial charge is 0.352 e. The first kappa shape index (κ1) is 11.3. The standard InChI is InChI=1S/C13H13N3O/c17-13(8-12-2-1-5-15-9-12)16-10-11-3-6-14-7-4-11/h1-7,9H,8,10H2,(H,16,17). The minimum Gasteiger partial charge on any atom is -0.352 e. The van der Waals surface area contributed by atoms with E-state index in [2.05, 4.69) is 15.3 Å². The molecule has 0 aliphatic rings. The van der Waals surface area contributed by atoms with Crippen LogP contribution in [0.4, 0.5) is 0 Å². The molecule has 0 radical (unpaired) electrons. The summed E-state index contributed by atoms with van der Waals surface area (Å²) in [7, 11) is 0. The van der Waals surface area contributed by atoms with Crippen LogP contribution in [0.5, 0.6) is 0 Å². The summed E-state index contributed by atoms with van der Waals surface area (Å²) in [5.74, 6) is -0.00480. The van der Waals surface area contributed by atoms with Gasteiger partial charge in [-0.1, -0.05) is 6.07 Å². The summed E-state index contributed by atoms with van der Waals surface area (Å²) in [6.07, 6.45) is 7.18. The van der Waals surface area contributed by atoms with Gasteiger partial charge in [-0.15, -0.1) is 0 Å². The predicted molar refractivity (Wildman–Crippen MR) is 64.0 cm³/mol. The maximum Gasteiger partial charge on any atom is 0.224 e. The topological polar surface area (TPSA) is 54.9 Å². The molecule has 4 nitrogen and oxygen atoms in total. The molecule has 86 valence electrons. The molecule has 0 spiro atoms. The van der Waals surface area contributed by atoms with Gasteiger partial charge in [0.05, 0.1) is 6.42 Å². The van der Waals surface area contributed by atoms with Gasteiger partial charge in [0.25, 0.3) is 0 Å². The minimum atomic E-state index is -0.00480. The number of aromatic nitrogens is 2. The van der Waals surface area contributed by atoms with Crippen LogP contribution in [0.25, 0.3) is 0 Å². The summed E-state index contributed by atoms with van der Waals surface area (Å²) in [6.45, 7) is 0.529. The van der Waals surface area contributed by atoms with Crippen molar-refractivity contribution in [2.75, 3.05) is 0 Å². The van der Waals surface area contributed by atoms with E-state index in [-0.39, 0.29) is 5.91 Å². The van der Waals surface area contributed by atoms with Gasteiger partial charge in [0, 0.05) is 31.3 Å². The highest BCUT2D eigenvalue weighted by molar-refractivity contribution is 5.78. The zero-order chi connectivity index (χ0) is 11.9. The van der Waals surface area contributed by atoms with Crippen molar-refractivity contribution in [1.29, 1.82) is 0 Å². The Labute approximate surface area is 99.7 Å². The molecule has 0 bridgehead atoms. The Bertz CT molecular complexity index is 471. The van der Waals surface area contributed by atoms with Crippen molar-refractivity contribution in [3.8, 4) is 0 Å². The first-order valence-corrected chi connectivity index (χ1v) is 5.39. The number of carbonyl (C=O) groups is 1. The maximum atomic E-state index is 11.6. The molecule has 2 heterocycles. The third-order valence-corrected chi connectivity index (χ3v) is 2.33. The van der Waals surface area contributed by atoms with E-state index in [0.29, 0.717) is 13.0 Å². The lowest BCUT2D eigenvalue weighted by molar-refractivity contribution is -0.120. The highest BCUT2D eigenvalue weighted by Gasteiger charge is 2.02. The fraction of sp³-hybridized carbons (Fsp3) is 0.154. The van der Waals surface area contributed by atoms with Gasteiger partial charge in [-0.25, -0.2) is 0 Å². The van der Waals surface area contributed by atoms with Crippen LogP contribution in [0.2, 0.25) is 0 Å². The van der Waals surface area contributed by atoms with Gasteiger partial charge in [0.15, 0.2) is 0 Å². The molecule has 0 saturated heterocycles. The van der Waals surface area contributed by atoms with Crippen LogP contribution in [0.3, 0.4) is 0 Å². The number of nitrogens with one attached hydrogen (secondary N) is 1. The summed E-state index contributed by atoms with van der Waals surface area (Å²) >= 11 is 0. The van der Waals surface area contributed by atoms with Crippen molar-refractivity contribution in [3.05, 3.63) is 60.2 Å². The minimum absolute atomic E-state index is 0.00480. The fourth-order valence-corrected chi connectivity index (χ4v) is 1.45. The van der Waals surface area contributed by atoms with Crippen LogP contribution >= 0.6 is 0 Å². The molecule has 1 N–H and O–H groups in total. The van der Waals surface area contributed by atoms with Gasteiger partial charge in [0.1, 0.15) is 0 Å². The molecule has 4 heteroatoms. The number of nitrogens with zero attached hydrogens (tertiary/aromatic N) is 2. The molecule has 2 aromatic heterocycles. The van der Waals surface area contributed by atoms with E-state index in [9.17, 15) is 4.79 Å². The van der Waals surface area contributed by atoms with E-state index in [1.165, 1.54) is 0 Å². The first-order chi connectivity index (χ1) is 8.34. The Hall–Kier alpha value is -2.23. The zero-order valence-electron chi connectivity index (χ0n) is 9.34. The second-order valence-corrected chi connectivity index (χ2v) is 3.67. The smallest absolute Gasteiger partial charge is 0.224 e. The number of hydrogen-bond acceptors (Lipinski definition) is 3. The third-order valence-electron chi connectivity index (χ3n) is 2.33.